The van der Waals surface area contributed by atoms with Gasteiger partial charge in [0.25, 0.3) is 0 Å². The van der Waals surface area contributed by atoms with E-state index < -0.39 is 0 Å². The lowest BCUT2D eigenvalue weighted by atomic mass is 9.67. The molecule has 20 heavy (non-hydrogen) atoms. The molecule has 3 nitrogen and oxygen atoms in total. The molecule has 1 saturated carbocycles. The molecule has 2 N–H and O–H groups in total. The summed E-state index contributed by atoms with van der Waals surface area (Å²) in [5.74, 6) is 2.33. The van der Waals surface area contributed by atoms with Crippen LogP contribution >= 0.6 is 23.3 Å². The van der Waals surface area contributed by atoms with Crippen LogP contribution in [-0.2, 0) is 0 Å². The molecule has 0 spiro atoms. The van der Waals surface area contributed by atoms with E-state index >= 15 is 0 Å². The summed E-state index contributed by atoms with van der Waals surface area (Å²) in [6.45, 7) is 9.90. The molecule has 1 aliphatic rings. The molecule has 0 saturated heterocycles. The third-order valence-corrected chi connectivity index (χ3v) is 7.30. The summed E-state index contributed by atoms with van der Waals surface area (Å²) in [6.07, 6.45) is 5.11. The van der Waals surface area contributed by atoms with Gasteiger partial charge in [-0.2, -0.15) is 4.37 Å². The molecular formula is C15H27N3S2. The Kier molecular flexibility index (Phi) is 5.49. The van der Waals surface area contributed by atoms with E-state index in [-0.39, 0.29) is 0 Å². The van der Waals surface area contributed by atoms with Crippen molar-refractivity contribution in [3.8, 4) is 0 Å². The molecule has 3 unspecified atom stereocenters. The van der Waals surface area contributed by atoms with Crippen LogP contribution in [0.15, 0.2) is 4.34 Å². The first kappa shape index (κ1) is 16.2. The van der Waals surface area contributed by atoms with Gasteiger partial charge in [-0.3, -0.25) is 0 Å². The Hall–Kier alpha value is -0.130. The van der Waals surface area contributed by atoms with Gasteiger partial charge in [0.05, 0.1) is 0 Å². The summed E-state index contributed by atoms with van der Waals surface area (Å²) >= 11 is 3.44. The molecule has 0 amide bonds. The first-order valence-corrected chi connectivity index (χ1v) is 9.28. The standard InChI is InChI=1S/C15H27N3S2/c1-5-15(3,4)12-7-6-11(9-16)13(8-12)19-14-17-10(2)18-20-14/h11-13H,5-9,16H2,1-4H3. The lowest BCUT2D eigenvalue weighted by Crippen LogP contribution is -2.37. The smallest absolute Gasteiger partial charge is 0.170 e. The quantitative estimate of drug-likeness (QED) is 0.888. The van der Waals surface area contributed by atoms with E-state index in [0.717, 1.165) is 22.6 Å². The van der Waals surface area contributed by atoms with Crippen molar-refractivity contribution < 1.29 is 0 Å². The average Bonchev–Trinajstić information content (AvgIpc) is 2.84. The second kappa shape index (κ2) is 6.75. The Morgan fingerprint density at radius 3 is 2.70 bits per heavy atom. The number of aryl methyl sites for hydroxylation is 1. The maximum atomic E-state index is 5.99. The van der Waals surface area contributed by atoms with Crippen molar-refractivity contribution in [2.75, 3.05) is 6.54 Å². The lowest BCUT2D eigenvalue weighted by Gasteiger charge is -2.42. The van der Waals surface area contributed by atoms with Gasteiger partial charge in [0.1, 0.15) is 5.82 Å². The molecule has 0 bridgehead atoms. The number of hydrogen-bond acceptors (Lipinski definition) is 5. The monoisotopic (exact) mass is 313 g/mol. The minimum absolute atomic E-state index is 0.440. The minimum Gasteiger partial charge on any atom is -0.330 e. The Balaban J connectivity index is 2.06. The Morgan fingerprint density at radius 2 is 2.15 bits per heavy atom. The van der Waals surface area contributed by atoms with Gasteiger partial charge in [-0.05, 0) is 61.5 Å². The van der Waals surface area contributed by atoms with Crippen LogP contribution in [0.2, 0.25) is 0 Å². The summed E-state index contributed by atoms with van der Waals surface area (Å²) in [4.78, 5) is 4.51. The number of aromatic nitrogens is 2. The van der Waals surface area contributed by atoms with E-state index in [2.05, 4.69) is 30.1 Å². The van der Waals surface area contributed by atoms with Crippen LogP contribution < -0.4 is 5.73 Å². The zero-order valence-corrected chi connectivity index (χ0v) is 14.7. The van der Waals surface area contributed by atoms with Crippen LogP contribution in [0.5, 0.6) is 0 Å². The van der Waals surface area contributed by atoms with Gasteiger partial charge in [0.15, 0.2) is 4.34 Å². The van der Waals surface area contributed by atoms with E-state index in [0.29, 0.717) is 16.6 Å². The summed E-state index contributed by atoms with van der Waals surface area (Å²) in [5.41, 5.74) is 6.43. The van der Waals surface area contributed by atoms with E-state index in [1.807, 2.05) is 18.7 Å². The predicted molar refractivity (Wildman–Crippen MR) is 88.2 cm³/mol. The highest BCUT2D eigenvalue weighted by molar-refractivity contribution is 8.01. The van der Waals surface area contributed by atoms with Crippen molar-refractivity contribution in [1.82, 2.24) is 9.36 Å². The number of thioether (sulfide) groups is 1. The van der Waals surface area contributed by atoms with Gasteiger partial charge >= 0.3 is 0 Å². The Bertz CT molecular complexity index is 431. The molecule has 3 atom stereocenters. The highest BCUT2D eigenvalue weighted by atomic mass is 32.2. The van der Waals surface area contributed by atoms with Crippen LogP contribution in [0, 0.1) is 24.2 Å². The van der Waals surface area contributed by atoms with Gasteiger partial charge < -0.3 is 5.73 Å². The first-order valence-electron chi connectivity index (χ1n) is 7.63. The van der Waals surface area contributed by atoms with Crippen molar-refractivity contribution in [3.05, 3.63) is 5.82 Å². The van der Waals surface area contributed by atoms with E-state index in [1.54, 1.807) is 0 Å². The van der Waals surface area contributed by atoms with Gasteiger partial charge in [-0.15, -0.1) is 0 Å². The van der Waals surface area contributed by atoms with Crippen LogP contribution in [0.3, 0.4) is 0 Å². The number of hydrogen-bond donors (Lipinski definition) is 1. The van der Waals surface area contributed by atoms with Crippen molar-refractivity contribution in [1.29, 1.82) is 0 Å². The summed E-state index contributed by atoms with van der Waals surface area (Å²) in [5, 5.41) is 0.608. The van der Waals surface area contributed by atoms with Gasteiger partial charge in [-0.1, -0.05) is 39.0 Å². The zero-order chi connectivity index (χ0) is 14.8. The fourth-order valence-electron chi connectivity index (χ4n) is 3.06. The fraction of sp³-hybridized carbons (Fsp3) is 0.867. The number of nitrogens with two attached hydrogens (primary N) is 1. The SMILES string of the molecule is CCC(C)(C)C1CCC(CN)C(Sc2nc(C)ns2)C1. The molecule has 1 fully saturated rings. The minimum atomic E-state index is 0.440. The third kappa shape index (κ3) is 3.74. The second-order valence-corrected chi connectivity index (χ2v) is 8.85. The highest BCUT2D eigenvalue weighted by Crippen LogP contribution is 2.46. The van der Waals surface area contributed by atoms with Gasteiger partial charge in [0.2, 0.25) is 0 Å². The fourth-order valence-corrected chi connectivity index (χ4v) is 5.35. The normalized spacial score (nSPS) is 27.8. The lowest BCUT2D eigenvalue weighted by molar-refractivity contribution is 0.134. The summed E-state index contributed by atoms with van der Waals surface area (Å²) in [7, 11) is 0. The molecule has 1 aromatic rings. The molecule has 1 heterocycles. The van der Waals surface area contributed by atoms with E-state index in [9.17, 15) is 0 Å². The molecule has 1 aromatic heterocycles. The van der Waals surface area contributed by atoms with Gasteiger partial charge in [0, 0.05) is 5.25 Å². The van der Waals surface area contributed by atoms with Gasteiger partial charge in [-0.25, -0.2) is 4.98 Å². The largest absolute Gasteiger partial charge is 0.330 e. The van der Waals surface area contributed by atoms with Crippen LogP contribution in [-0.4, -0.2) is 21.2 Å². The Labute approximate surface area is 131 Å². The molecule has 0 aromatic carbocycles. The summed E-state index contributed by atoms with van der Waals surface area (Å²) < 4.78 is 5.41. The third-order valence-electron chi connectivity index (χ3n) is 5.01. The molecule has 0 radical (unpaired) electrons. The first-order chi connectivity index (χ1) is 9.46. The predicted octanol–water partition coefficient (Wildman–Crippen LogP) is 4.12. The maximum absolute atomic E-state index is 5.99. The van der Waals surface area contributed by atoms with E-state index in [1.165, 1.54) is 37.2 Å². The van der Waals surface area contributed by atoms with Crippen molar-refractivity contribution in [3.63, 3.8) is 0 Å². The average molecular weight is 314 g/mol. The van der Waals surface area contributed by atoms with Crippen LogP contribution in [0.4, 0.5) is 0 Å². The van der Waals surface area contributed by atoms with Crippen molar-refractivity contribution >= 4 is 23.3 Å². The molecule has 5 heteroatoms. The molecule has 2 rings (SSSR count). The second-order valence-electron chi connectivity index (χ2n) is 6.61. The highest BCUT2D eigenvalue weighted by Gasteiger charge is 2.37. The van der Waals surface area contributed by atoms with E-state index in [4.69, 9.17) is 5.73 Å². The van der Waals surface area contributed by atoms with Crippen LogP contribution in [0.1, 0.15) is 52.3 Å². The van der Waals surface area contributed by atoms with Crippen LogP contribution in [0.25, 0.3) is 0 Å². The molecular weight excluding hydrogens is 286 g/mol. The Morgan fingerprint density at radius 1 is 1.40 bits per heavy atom. The number of nitrogens with zero attached hydrogens (tertiary/aromatic N) is 2. The summed E-state index contributed by atoms with van der Waals surface area (Å²) in [6, 6.07) is 0. The zero-order valence-electron chi connectivity index (χ0n) is 13.1. The molecule has 1 aliphatic carbocycles. The van der Waals surface area contributed by atoms with Crippen molar-refractivity contribution in [2.45, 2.75) is 63.0 Å². The maximum Gasteiger partial charge on any atom is 0.170 e. The molecule has 114 valence electrons. The molecule has 0 aliphatic heterocycles. The number of rotatable bonds is 5. The van der Waals surface area contributed by atoms with Crippen molar-refractivity contribution in [2.24, 2.45) is 23.0 Å². The topological polar surface area (TPSA) is 51.8 Å².